The third-order valence-electron chi connectivity index (χ3n) is 3.95. The van der Waals surface area contributed by atoms with Crippen molar-refractivity contribution < 1.29 is 0 Å². The number of piperidine rings is 1. The van der Waals surface area contributed by atoms with E-state index in [1.54, 1.807) is 0 Å². The highest BCUT2D eigenvalue weighted by atomic mass is 14.9. The van der Waals surface area contributed by atoms with Gasteiger partial charge >= 0.3 is 0 Å². The zero-order valence-corrected chi connectivity index (χ0v) is 10.2. The number of hydrogen-bond acceptors (Lipinski definition) is 1. The zero-order valence-electron chi connectivity index (χ0n) is 10.2. The van der Waals surface area contributed by atoms with Gasteiger partial charge in [0.2, 0.25) is 0 Å². The normalized spacial score (nSPS) is 28.3. The van der Waals surface area contributed by atoms with Crippen LogP contribution in [-0.2, 0) is 0 Å². The molecule has 0 amide bonds. The van der Waals surface area contributed by atoms with Gasteiger partial charge in [0.25, 0.3) is 0 Å². The molecule has 0 radical (unpaired) electrons. The molecule has 0 bridgehead atoms. The summed E-state index contributed by atoms with van der Waals surface area (Å²) in [4.78, 5) is 0. The van der Waals surface area contributed by atoms with Gasteiger partial charge in [-0.25, -0.2) is 0 Å². The molecule has 0 aromatic heterocycles. The largest absolute Gasteiger partial charge is 0.314 e. The minimum atomic E-state index is 0.818. The second-order valence-corrected chi connectivity index (χ2v) is 4.87. The first-order valence-electron chi connectivity index (χ1n) is 6.53. The van der Waals surface area contributed by atoms with E-state index in [9.17, 15) is 0 Å². The van der Waals surface area contributed by atoms with Crippen LogP contribution in [0, 0.1) is 11.8 Å². The van der Waals surface area contributed by atoms with E-state index in [0.717, 1.165) is 17.9 Å². The van der Waals surface area contributed by atoms with Crippen molar-refractivity contribution in [2.45, 2.75) is 65.3 Å². The highest BCUT2D eigenvalue weighted by Crippen LogP contribution is 2.25. The van der Waals surface area contributed by atoms with Gasteiger partial charge in [-0.05, 0) is 37.6 Å². The Kier molecular flexibility index (Phi) is 5.54. The fraction of sp³-hybridized carbons (Fsp3) is 1.00. The third-order valence-corrected chi connectivity index (χ3v) is 3.95. The maximum Gasteiger partial charge on any atom is 0.00723 e. The predicted molar refractivity (Wildman–Crippen MR) is 63.5 cm³/mol. The first-order chi connectivity index (χ1) is 6.80. The SMILES string of the molecule is CCC(CC)CC1CC(CC)CCN1. The highest BCUT2D eigenvalue weighted by Gasteiger charge is 2.21. The van der Waals surface area contributed by atoms with Gasteiger partial charge in [-0.15, -0.1) is 0 Å². The van der Waals surface area contributed by atoms with Crippen molar-refractivity contribution in [3.8, 4) is 0 Å². The Morgan fingerprint density at radius 1 is 1.21 bits per heavy atom. The molecule has 1 fully saturated rings. The molecule has 2 atom stereocenters. The maximum atomic E-state index is 3.68. The van der Waals surface area contributed by atoms with Crippen molar-refractivity contribution in [3.63, 3.8) is 0 Å². The lowest BCUT2D eigenvalue weighted by atomic mass is 9.85. The van der Waals surface area contributed by atoms with E-state index >= 15 is 0 Å². The second-order valence-electron chi connectivity index (χ2n) is 4.87. The molecular formula is C13H27N. The molecule has 1 heteroatoms. The number of rotatable bonds is 5. The van der Waals surface area contributed by atoms with E-state index in [0.29, 0.717) is 0 Å². The van der Waals surface area contributed by atoms with E-state index in [1.165, 1.54) is 45.1 Å². The smallest absolute Gasteiger partial charge is 0.00723 e. The Hall–Kier alpha value is -0.0400. The summed E-state index contributed by atoms with van der Waals surface area (Å²) >= 11 is 0. The molecule has 1 aliphatic heterocycles. The molecule has 1 nitrogen and oxygen atoms in total. The van der Waals surface area contributed by atoms with E-state index in [4.69, 9.17) is 0 Å². The van der Waals surface area contributed by atoms with Crippen LogP contribution in [0.4, 0.5) is 0 Å². The van der Waals surface area contributed by atoms with Crippen LogP contribution in [0.5, 0.6) is 0 Å². The van der Waals surface area contributed by atoms with Crippen LogP contribution in [0.15, 0.2) is 0 Å². The van der Waals surface area contributed by atoms with Crippen molar-refractivity contribution in [2.24, 2.45) is 11.8 Å². The van der Waals surface area contributed by atoms with Crippen LogP contribution in [-0.4, -0.2) is 12.6 Å². The molecule has 1 saturated heterocycles. The summed E-state index contributed by atoms with van der Waals surface area (Å²) in [6.45, 7) is 8.25. The summed E-state index contributed by atoms with van der Waals surface area (Å²) in [5.74, 6) is 1.94. The maximum absolute atomic E-state index is 3.68. The molecule has 0 saturated carbocycles. The second kappa shape index (κ2) is 6.44. The van der Waals surface area contributed by atoms with Crippen LogP contribution >= 0.6 is 0 Å². The van der Waals surface area contributed by atoms with E-state index in [-0.39, 0.29) is 0 Å². The lowest BCUT2D eigenvalue weighted by molar-refractivity contribution is 0.253. The highest BCUT2D eigenvalue weighted by molar-refractivity contribution is 4.79. The average molecular weight is 197 g/mol. The molecule has 1 rings (SSSR count). The quantitative estimate of drug-likeness (QED) is 0.710. The topological polar surface area (TPSA) is 12.0 Å². The molecular weight excluding hydrogens is 170 g/mol. The van der Waals surface area contributed by atoms with Gasteiger partial charge in [-0.1, -0.05) is 40.0 Å². The number of hydrogen-bond donors (Lipinski definition) is 1. The van der Waals surface area contributed by atoms with Crippen molar-refractivity contribution >= 4 is 0 Å². The summed E-state index contributed by atoms with van der Waals surface area (Å²) < 4.78 is 0. The van der Waals surface area contributed by atoms with Crippen molar-refractivity contribution in [3.05, 3.63) is 0 Å². The molecule has 84 valence electrons. The minimum absolute atomic E-state index is 0.818. The fourth-order valence-corrected chi connectivity index (χ4v) is 2.67. The Labute approximate surface area is 89.7 Å². The molecule has 1 N–H and O–H groups in total. The first kappa shape index (κ1) is 12.0. The standard InChI is InChI=1S/C13H27N/c1-4-11(5-2)9-13-10-12(6-3)7-8-14-13/h11-14H,4-10H2,1-3H3. The van der Waals surface area contributed by atoms with Gasteiger partial charge in [0.1, 0.15) is 0 Å². The molecule has 0 aromatic rings. The first-order valence-corrected chi connectivity index (χ1v) is 6.53. The summed E-state index contributed by atoms with van der Waals surface area (Å²) in [5.41, 5.74) is 0. The van der Waals surface area contributed by atoms with Gasteiger partial charge in [-0.3, -0.25) is 0 Å². The monoisotopic (exact) mass is 197 g/mol. The Morgan fingerprint density at radius 2 is 1.93 bits per heavy atom. The molecule has 2 unspecified atom stereocenters. The lowest BCUT2D eigenvalue weighted by Gasteiger charge is -2.31. The van der Waals surface area contributed by atoms with Crippen LogP contribution < -0.4 is 5.32 Å². The fourth-order valence-electron chi connectivity index (χ4n) is 2.67. The molecule has 1 heterocycles. The van der Waals surface area contributed by atoms with E-state index in [1.807, 2.05) is 0 Å². The summed E-state index contributed by atoms with van der Waals surface area (Å²) in [5, 5.41) is 3.68. The molecule has 0 spiro atoms. The Morgan fingerprint density at radius 3 is 2.50 bits per heavy atom. The van der Waals surface area contributed by atoms with Crippen molar-refractivity contribution in [1.82, 2.24) is 5.32 Å². The molecule has 0 aliphatic carbocycles. The van der Waals surface area contributed by atoms with Gasteiger partial charge in [0.15, 0.2) is 0 Å². The number of nitrogens with one attached hydrogen (secondary N) is 1. The van der Waals surface area contributed by atoms with Gasteiger partial charge < -0.3 is 5.32 Å². The van der Waals surface area contributed by atoms with Gasteiger partial charge in [0.05, 0.1) is 0 Å². The predicted octanol–water partition coefficient (Wildman–Crippen LogP) is 3.59. The van der Waals surface area contributed by atoms with Crippen molar-refractivity contribution in [2.75, 3.05) is 6.54 Å². The van der Waals surface area contributed by atoms with Crippen LogP contribution in [0.3, 0.4) is 0 Å². The van der Waals surface area contributed by atoms with Gasteiger partial charge in [-0.2, -0.15) is 0 Å². The third kappa shape index (κ3) is 3.61. The Bertz CT molecular complexity index is 140. The molecule has 0 aromatic carbocycles. The summed E-state index contributed by atoms with van der Waals surface area (Å²) in [6, 6.07) is 0.818. The Balaban J connectivity index is 2.29. The van der Waals surface area contributed by atoms with Crippen LogP contribution in [0.1, 0.15) is 59.3 Å². The molecule has 14 heavy (non-hydrogen) atoms. The zero-order chi connectivity index (χ0) is 10.4. The lowest BCUT2D eigenvalue weighted by Crippen LogP contribution is -2.39. The van der Waals surface area contributed by atoms with E-state index in [2.05, 4.69) is 26.1 Å². The molecule has 1 aliphatic rings. The minimum Gasteiger partial charge on any atom is -0.314 e. The van der Waals surface area contributed by atoms with Crippen LogP contribution in [0.25, 0.3) is 0 Å². The summed E-state index contributed by atoms with van der Waals surface area (Å²) in [6.07, 6.45) is 8.31. The average Bonchev–Trinajstić information content (AvgIpc) is 2.26. The van der Waals surface area contributed by atoms with Crippen LogP contribution in [0.2, 0.25) is 0 Å². The van der Waals surface area contributed by atoms with E-state index < -0.39 is 0 Å². The summed E-state index contributed by atoms with van der Waals surface area (Å²) in [7, 11) is 0. The van der Waals surface area contributed by atoms with Crippen molar-refractivity contribution in [1.29, 1.82) is 0 Å². The van der Waals surface area contributed by atoms with Gasteiger partial charge in [0, 0.05) is 6.04 Å².